The van der Waals surface area contributed by atoms with Gasteiger partial charge in [0.2, 0.25) is 5.91 Å². The molecule has 64 valence electrons. The van der Waals surface area contributed by atoms with Crippen molar-refractivity contribution in [3.63, 3.8) is 0 Å². The van der Waals surface area contributed by atoms with Gasteiger partial charge in [0.15, 0.2) is 5.78 Å². The summed E-state index contributed by atoms with van der Waals surface area (Å²) in [6.45, 7) is 6.71. The van der Waals surface area contributed by atoms with Crippen LogP contribution < -0.4 is 5.32 Å². The molecular formula is C8H15NO2. The van der Waals surface area contributed by atoms with E-state index in [0.717, 1.165) is 0 Å². The molecule has 3 heteroatoms. The summed E-state index contributed by atoms with van der Waals surface area (Å²) in [5.74, 6) is 0.0190. The molecule has 0 aliphatic heterocycles. The van der Waals surface area contributed by atoms with Gasteiger partial charge in [-0.25, -0.2) is 0 Å². The van der Waals surface area contributed by atoms with Gasteiger partial charge in [-0.2, -0.15) is 0 Å². The molecule has 0 heterocycles. The maximum atomic E-state index is 10.9. The van der Waals surface area contributed by atoms with Gasteiger partial charge in [-0.05, 0) is 12.8 Å². The molecule has 0 aliphatic carbocycles. The molecule has 1 amide bonds. The normalized spacial score (nSPS) is 12.8. The summed E-state index contributed by atoms with van der Waals surface area (Å²) in [6, 6.07) is -0.326. The van der Waals surface area contributed by atoms with Gasteiger partial charge in [-0.3, -0.25) is 9.59 Å². The maximum absolute atomic E-state index is 10.9. The highest BCUT2D eigenvalue weighted by Crippen LogP contribution is 2.01. The summed E-state index contributed by atoms with van der Waals surface area (Å²) >= 11 is 0. The molecule has 1 N–H and O–H groups in total. The Hall–Kier alpha value is -0.860. The third kappa shape index (κ3) is 3.75. The van der Waals surface area contributed by atoms with E-state index in [1.54, 1.807) is 0 Å². The van der Waals surface area contributed by atoms with Crippen molar-refractivity contribution in [2.45, 2.75) is 33.7 Å². The largest absolute Gasteiger partial charge is 0.346 e. The van der Waals surface area contributed by atoms with Crippen molar-refractivity contribution in [1.29, 1.82) is 0 Å². The Bertz CT molecular complexity index is 163. The minimum Gasteiger partial charge on any atom is -0.346 e. The summed E-state index contributed by atoms with van der Waals surface area (Å²) in [7, 11) is 0. The predicted molar refractivity (Wildman–Crippen MR) is 43.1 cm³/mol. The smallest absolute Gasteiger partial charge is 0.217 e. The van der Waals surface area contributed by atoms with Gasteiger partial charge in [0.05, 0.1) is 6.04 Å². The fraction of sp³-hybridized carbons (Fsp3) is 0.750. The van der Waals surface area contributed by atoms with Gasteiger partial charge in [0.25, 0.3) is 0 Å². The molecule has 0 saturated heterocycles. The van der Waals surface area contributed by atoms with Crippen LogP contribution in [0.2, 0.25) is 0 Å². The predicted octanol–water partition coefficient (Wildman–Crippen LogP) is 0.736. The van der Waals surface area contributed by atoms with Gasteiger partial charge in [0.1, 0.15) is 0 Å². The zero-order valence-electron chi connectivity index (χ0n) is 7.47. The van der Waals surface area contributed by atoms with Crippen molar-refractivity contribution in [3.8, 4) is 0 Å². The van der Waals surface area contributed by atoms with Crippen LogP contribution in [0.1, 0.15) is 27.7 Å². The molecule has 1 atom stereocenters. The third-order valence-electron chi connectivity index (χ3n) is 1.46. The fourth-order valence-corrected chi connectivity index (χ4v) is 0.957. The van der Waals surface area contributed by atoms with Crippen LogP contribution in [0.25, 0.3) is 0 Å². The van der Waals surface area contributed by atoms with Crippen molar-refractivity contribution in [3.05, 3.63) is 0 Å². The number of ketones is 1. The van der Waals surface area contributed by atoms with E-state index in [1.807, 2.05) is 13.8 Å². The van der Waals surface area contributed by atoms with Crippen LogP contribution >= 0.6 is 0 Å². The summed E-state index contributed by atoms with van der Waals surface area (Å²) in [6.07, 6.45) is 0. The van der Waals surface area contributed by atoms with Gasteiger partial charge < -0.3 is 5.32 Å². The van der Waals surface area contributed by atoms with Crippen molar-refractivity contribution >= 4 is 11.7 Å². The highest BCUT2D eigenvalue weighted by molar-refractivity contribution is 5.86. The number of rotatable bonds is 3. The first-order chi connectivity index (χ1) is 4.95. The molecule has 0 unspecified atom stereocenters. The van der Waals surface area contributed by atoms with Crippen molar-refractivity contribution in [1.82, 2.24) is 5.32 Å². The van der Waals surface area contributed by atoms with E-state index in [-0.39, 0.29) is 23.7 Å². The second-order valence-electron chi connectivity index (χ2n) is 3.03. The van der Waals surface area contributed by atoms with E-state index >= 15 is 0 Å². The number of carbonyl (C=O) groups excluding carboxylic acids is 2. The van der Waals surface area contributed by atoms with Gasteiger partial charge in [-0.1, -0.05) is 13.8 Å². The lowest BCUT2D eigenvalue weighted by atomic mass is 10.0. The van der Waals surface area contributed by atoms with E-state index in [4.69, 9.17) is 0 Å². The van der Waals surface area contributed by atoms with Crippen LogP contribution in [-0.4, -0.2) is 17.7 Å². The Morgan fingerprint density at radius 2 is 1.64 bits per heavy atom. The lowest BCUT2D eigenvalue weighted by Gasteiger charge is -2.17. The molecule has 0 saturated carbocycles. The topological polar surface area (TPSA) is 46.2 Å². The van der Waals surface area contributed by atoms with Crippen LogP contribution in [0.3, 0.4) is 0 Å². The molecule has 0 radical (unpaired) electrons. The molecule has 0 spiro atoms. The SMILES string of the molecule is CC(=O)N[C@@H](C(C)=O)C(C)C. The summed E-state index contributed by atoms with van der Waals surface area (Å²) in [5, 5.41) is 2.59. The monoisotopic (exact) mass is 157 g/mol. The van der Waals surface area contributed by atoms with Gasteiger partial charge in [-0.15, -0.1) is 0 Å². The average Bonchev–Trinajstić information content (AvgIpc) is 1.81. The standard InChI is InChI=1S/C8H15NO2/c1-5(2)8(6(3)10)9-7(4)11/h5,8H,1-4H3,(H,9,11)/t8-/m1/s1. The van der Waals surface area contributed by atoms with Crippen molar-refractivity contribution < 1.29 is 9.59 Å². The van der Waals surface area contributed by atoms with E-state index < -0.39 is 0 Å². The highest BCUT2D eigenvalue weighted by Gasteiger charge is 2.18. The molecule has 0 aromatic carbocycles. The number of carbonyl (C=O) groups is 2. The second kappa shape index (κ2) is 4.11. The molecule has 11 heavy (non-hydrogen) atoms. The summed E-state index contributed by atoms with van der Waals surface area (Å²) in [4.78, 5) is 21.5. The molecule has 0 rings (SSSR count). The summed E-state index contributed by atoms with van der Waals surface area (Å²) < 4.78 is 0. The molecule has 0 bridgehead atoms. The van der Waals surface area contributed by atoms with E-state index in [1.165, 1.54) is 13.8 Å². The zero-order chi connectivity index (χ0) is 9.02. The van der Waals surface area contributed by atoms with Crippen LogP contribution in [0.5, 0.6) is 0 Å². The Kier molecular flexibility index (Phi) is 3.79. The highest BCUT2D eigenvalue weighted by atomic mass is 16.2. The Morgan fingerprint density at radius 3 is 1.73 bits per heavy atom. The Labute approximate surface area is 67.2 Å². The van der Waals surface area contributed by atoms with E-state index in [0.29, 0.717) is 0 Å². The first-order valence-corrected chi connectivity index (χ1v) is 3.72. The molecule has 0 aromatic rings. The Morgan fingerprint density at radius 1 is 1.18 bits per heavy atom. The third-order valence-corrected chi connectivity index (χ3v) is 1.46. The van der Waals surface area contributed by atoms with Crippen molar-refractivity contribution in [2.75, 3.05) is 0 Å². The summed E-state index contributed by atoms with van der Waals surface area (Å²) in [5.41, 5.74) is 0. The molecule has 0 fully saturated rings. The lowest BCUT2D eigenvalue weighted by Crippen LogP contribution is -2.42. The van der Waals surface area contributed by atoms with Crippen LogP contribution in [0.15, 0.2) is 0 Å². The lowest BCUT2D eigenvalue weighted by molar-refractivity contribution is -0.126. The molecule has 3 nitrogen and oxygen atoms in total. The minimum absolute atomic E-state index is 0.00944. The van der Waals surface area contributed by atoms with Gasteiger partial charge >= 0.3 is 0 Å². The Balaban J connectivity index is 4.12. The number of amides is 1. The number of hydrogen-bond donors (Lipinski definition) is 1. The maximum Gasteiger partial charge on any atom is 0.217 e. The quantitative estimate of drug-likeness (QED) is 0.656. The number of nitrogens with one attached hydrogen (secondary N) is 1. The van der Waals surface area contributed by atoms with E-state index in [9.17, 15) is 9.59 Å². The molecule has 0 aliphatic rings. The average molecular weight is 157 g/mol. The first kappa shape index (κ1) is 10.1. The molecular weight excluding hydrogens is 142 g/mol. The zero-order valence-corrected chi connectivity index (χ0v) is 7.47. The van der Waals surface area contributed by atoms with E-state index in [2.05, 4.69) is 5.32 Å². The minimum atomic E-state index is -0.326. The first-order valence-electron chi connectivity index (χ1n) is 3.72. The molecule has 0 aromatic heterocycles. The van der Waals surface area contributed by atoms with Crippen molar-refractivity contribution in [2.24, 2.45) is 5.92 Å². The number of hydrogen-bond acceptors (Lipinski definition) is 2. The second-order valence-corrected chi connectivity index (χ2v) is 3.03. The van der Waals surface area contributed by atoms with Crippen LogP contribution in [-0.2, 0) is 9.59 Å². The van der Waals surface area contributed by atoms with Gasteiger partial charge in [0, 0.05) is 6.92 Å². The fourth-order valence-electron chi connectivity index (χ4n) is 0.957. The van der Waals surface area contributed by atoms with Crippen LogP contribution in [0, 0.1) is 5.92 Å². The van der Waals surface area contributed by atoms with Crippen LogP contribution in [0.4, 0.5) is 0 Å². The number of Topliss-reactive ketones (excluding diaryl/α,β-unsaturated/α-hetero) is 1.